The van der Waals surface area contributed by atoms with E-state index in [9.17, 15) is 4.79 Å². The van der Waals surface area contributed by atoms with Gasteiger partial charge in [0.1, 0.15) is 0 Å². The number of primary amides is 1. The van der Waals surface area contributed by atoms with Crippen LogP contribution in [0.25, 0.3) is 0 Å². The molecule has 0 saturated heterocycles. The molecule has 0 aliphatic rings. The van der Waals surface area contributed by atoms with Gasteiger partial charge in [-0.2, -0.15) is 0 Å². The van der Waals surface area contributed by atoms with E-state index in [2.05, 4.69) is 5.32 Å². The zero-order chi connectivity index (χ0) is 12.9. The quantitative estimate of drug-likeness (QED) is 0.781. The predicted octanol–water partition coefficient (Wildman–Crippen LogP) is 2.29. The van der Waals surface area contributed by atoms with Crippen LogP contribution in [0.15, 0.2) is 29.2 Å². The van der Waals surface area contributed by atoms with Crippen molar-refractivity contribution in [3.8, 4) is 0 Å². The van der Waals surface area contributed by atoms with Crippen molar-refractivity contribution in [1.29, 1.82) is 0 Å². The van der Waals surface area contributed by atoms with Crippen LogP contribution in [0.4, 0.5) is 0 Å². The summed E-state index contributed by atoms with van der Waals surface area (Å²) in [4.78, 5) is 12.3. The molecule has 0 aromatic heterocycles. The molecule has 5 heteroatoms. The lowest BCUT2D eigenvalue weighted by molar-refractivity contribution is -0.123. The van der Waals surface area contributed by atoms with Gasteiger partial charge in [-0.1, -0.05) is 23.7 Å². The fraction of sp³-hybridized carbons (Fsp3) is 0.417. The summed E-state index contributed by atoms with van der Waals surface area (Å²) in [5, 5.41) is 3.70. The van der Waals surface area contributed by atoms with Crippen LogP contribution in [-0.2, 0) is 4.79 Å². The van der Waals surface area contributed by atoms with Gasteiger partial charge in [0.25, 0.3) is 0 Å². The fourth-order valence-electron chi connectivity index (χ4n) is 1.30. The van der Waals surface area contributed by atoms with Crippen molar-refractivity contribution in [2.24, 2.45) is 5.73 Å². The van der Waals surface area contributed by atoms with E-state index in [1.807, 2.05) is 31.2 Å². The van der Waals surface area contributed by atoms with Crippen LogP contribution in [0.5, 0.6) is 0 Å². The maximum absolute atomic E-state index is 11.3. The number of benzene rings is 1. The molecule has 0 bridgehead atoms. The molecule has 0 radical (unpaired) electrons. The van der Waals surface area contributed by atoms with Gasteiger partial charge in [0, 0.05) is 10.6 Å². The number of halogens is 1. The SMILES string of the molecule is CNC(C)(CCSc1ccccc1Cl)C(N)=O. The molecular formula is C12H17ClN2OS. The second-order valence-corrected chi connectivity index (χ2v) is 5.52. The third-order valence-corrected chi connectivity index (χ3v) is 4.31. The number of carbonyl (C=O) groups is 1. The smallest absolute Gasteiger partial charge is 0.237 e. The van der Waals surface area contributed by atoms with E-state index in [-0.39, 0.29) is 5.91 Å². The van der Waals surface area contributed by atoms with E-state index < -0.39 is 5.54 Å². The van der Waals surface area contributed by atoms with Crippen molar-refractivity contribution < 1.29 is 4.79 Å². The minimum Gasteiger partial charge on any atom is -0.368 e. The van der Waals surface area contributed by atoms with E-state index in [1.54, 1.807) is 18.8 Å². The van der Waals surface area contributed by atoms with Gasteiger partial charge in [-0.25, -0.2) is 0 Å². The van der Waals surface area contributed by atoms with Crippen molar-refractivity contribution in [1.82, 2.24) is 5.32 Å². The summed E-state index contributed by atoms with van der Waals surface area (Å²) in [6.07, 6.45) is 0.661. The minimum absolute atomic E-state index is 0.334. The van der Waals surface area contributed by atoms with Gasteiger partial charge >= 0.3 is 0 Å². The van der Waals surface area contributed by atoms with E-state index >= 15 is 0 Å². The van der Waals surface area contributed by atoms with E-state index in [0.717, 1.165) is 15.7 Å². The van der Waals surface area contributed by atoms with Crippen molar-refractivity contribution >= 4 is 29.3 Å². The molecule has 1 atom stereocenters. The largest absolute Gasteiger partial charge is 0.368 e. The fourth-order valence-corrected chi connectivity index (χ4v) is 2.71. The van der Waals surface area contributed by atoms with E-state index in [1.165, 1.54) is 0 Å². The first-order chi connectivity index (χ1) is 7.99. The average molecular weight is 273 g/mol. The molecule has 3 nitrogen and oxygen atoms in total. The van der Waals surface area contributed by atoms with Crippen molar-refractivity contribution in [2.45, 2.75) is 23.8 Å². The Morgan fingerprint density at radius 3 is 2.71 bits per heavy atom. The summed E-state index contributed by atoms with van der Waals surface area (Å²) in [6.45, 7) is 1.81. The molecule has 0 aliphatic carbocycles. The maximum Gasteiger partial charge on any atom is 0.237 e. The van der Waals surface area contributed by atoms with Crippen LogP contribution in [-0.4, -0.2) is 24.2 Å². The van der Waals surface area contributed by atoms with Crippen molar-refractivity contribution in [3.05, 3.63) is 29.3 Å². The Balaban J connectivity index is 2.53. The highest BCUT2D eigenvalue weighted by Gasteiger charge is 2.28. The number of rotatable bonds is 6. The molecule has 0 fully saturated rings. The van der Waals surface area contributed by atoms with Crippen LogP contribution in [0, 0.1) is 0 Å². The van der Waals surface area contributed by atoms with Crippen LogP contribution >= 0.6 is 23.4 Å². The number of amides is 1. The summed E-state index contributed by atoms with van der Waals surface area (Å²) in [6, 6.07) is 7.66. The van der Waals surface area contributed by atoms with Crippen LogP contribution < -0.4 is 11.1 Å². The third kappa shape index (κ3) is 3.91. The van der Waals surface area contributed by atoms with E-state index in [4.69, 9.17) is 17.3 Å². The van der Waals surface area contributed by atoms with Gasteiger partial charge in [-0.15, -0.1) is 11.8 Å². The van der Waals surface area contributed by atoms with Crippen LogP contribution in [0.1, 0.15) is 13.3 Å². The lowest BCUT2D eigenvalue weighted by Gasteiger charge is -2.25. The molecule has 94 valence electrons. The van der Waals surface area contributed by atoms with Crippen LogP contribution in [0.3, 0.4) is 0 Å². The topological polar surface area (TPSA) is 55.1 Å². The molecule has 0 spiro atoms. The van der Waals surface area contributed by atoms with Crippen LogP contribution in [0.2, 0.25) is 5.02 Å². The number of carbonyl (C=O) groups excluding carboxylic acids is 1. The Kier molecular flexibility index (Phi) is 5.31. The monoisotopic (exact) mass is 272 g/mol. The summed E-state index contributed by atoms with van der Waals surface area (Å²) < 4.78 is 0. The summed E-state index contributed by atoms with van der Waals surface area (Å²) in [7, 11) is 1.74. The van der Waals surface area contributed by atoms with Gasteiger partial charge < -0.3 is 11.1 Å². The number of hydrogen-bond donors (Lipinski definition) is 2. The molecule has 1 unspecified atom stereocenters. The third-order valence-electron chi connectivity index (χ3n) is 2.79. The number of nitrogens with one attached hydrogen (secondary N) is 1. The first-order valence-electron chi connectivity index (χ1n) is 5.36. The summed E-state index contributed by atoms with van der Waals surface area (Å²) >= 11 is 7.67. The number of hydrogen-bond acceptors (Lipinski definition) is 3. The Morgan fingerprint density at radius 1 is 1.53 bits per heavy atom. The molecule has 1 aromatic carbocycles. The van der Waals surface area contributed by atoms with Crippen molar-refractivity contribution in [2.75, 3.05) is 12.8 Å². The Morgan fingerprint density at radius 2 is 2.18 bits per heavy atom. The zero-order valence-electron chi connectivity index (χ0n) is 10.00. The standard InChI is InChI=1S/C12H17ClN2OS/c1-12(15-2,11(14)16)7-8-17-10-6-4-3-5-9(10)13/h3-6,15H,7-8H2,1-2H3,(H2,14,16). The van der Waals surface area contributed by atoms with Gasteiger partial charge in [0.05, 0.1) is 10.6 Å². The van der Waals surface area contributed by atoms with E-state index in [0.29, 0.717) is 6.42 Å². The van der Waals surface area contributed by atoms with Gasteiger partial charge in [0.2, 0.25) is 5.91 Å². The second kappa shape index (κ2) is 6.28. The summed E-state index contributed by atoms with van der Waals surface area (Å²) in [5.41, 5.74) is 4.70. The highest BCUT2D eigenvalue weighted by Crippen LogP contribution is 2.28. The van der Waals surface area contributed by atoms with Crippen molar-refractivity contribution in [3.63, 3.8) is 0 Å². The highest BCUT2D eigenvalue weighted by atomic mass is 35.5. The molecule has 1 rings (SSSR count). The predicted molar refractivity (Wildman–Crippen MR) is 73.5 cm³/mol. The minimum atomic E-state index is -0.658. The first kappa shape index (κ1) is 14.4. The number of likely N-dealkylation sites (N-methyl/N-ethyl adjacent to an activating group) is 1. The lowest BCUT2D eigenvalue weighted by atomic mass is 9.99. The highest BCUT2D eigenvalue weighted by molar-refractivity contribution is 7.99. The Bertz CT molecular complexity index is 400. The Labute approximate surface area is 111 Å². The molecule has 3 N–H and O–H groups in total. The normalized spacial score (nSPS) is 14.3. The van der Waals surface area contributed by atoms with Gasteiger partial charge in [0.15, 0.2) is 0 Å². The molecule has 17 heavy (non-hydrogen) atoms. The molecule has 0 aliphatic heterocycles. The summed E-state index contributed by atoms with van der Waals surface area (Å²) in [5.74, 6) is 0.448. The first-order valence-corrected chi connectivity index (χ1v) is 6.72. The zero-order valence-corrected chi connectivity index (χ0v) is 11.6. The number of nitrogens with two attached hydrogens (primary N) is 1. The van der Waals surface area contributed by atoms with Gasteiger partial charge in [-0.05, 0) is 32.5 Å². The molecular weight excluding hydrogens is 256 g/mol. The molecule has 0 heterocycles. The molecule has 1 aromatic rings. The molecule has 1 amide bonds. The Hall–Kier alpha value is -0.710. The van der Waals surface area contributed by atoms with Gasteiger partial charge in [-0.3, -0.25) is 4.79 Å². The second-order valence-electron chi connectivity index (χ2n) is 3.98. The maximum atomic E-state index is 11.3. The lowest BCUT2D eigenvalue weighted by Crippen LogP contribution is -2.51. The average Bonchev–Trinajstić information content (AvgIpc) is 2.31. The number of thioether (sulfide) groups is 1. The molecule has 0 saturated carbocycles.